The van der Waals surface area contributed by atoms with Gasteiger partial charge in [0.2, 0.25) is 11.4 Å². The second kappa shape index (κ2) is 25.0. The zero-order valence-corrected chi connectivity index (χ0v) is 48.0. The second-order valence-corrected chi connectivity index (χ2v) is 20.5. The Kier molecular flexibility index (Phi) is 16.3. The van der Waals surface area contributed by atoms with E-state index in [0.717, 1.165) is 12.1 Å². The van der Waals surface area contributed by atoms with Gasteiger partial charge in [-0.15, -0.1) is 0 Å². The lowest BCUT2D eigenvalue weighted by molar-refractivity contribution is 0.404. The van der Waals surface area contributed by atoms with Crippen LogP contribution in [0.1, 0.15) is 89.0 Å². The molecule has 444 valence electrons. The molecule has 0 N–H and O–H groups in total. The minimum absolute atomic E-state index is 0.0339. The number of rotatable bonds is 6. The van der Waals surface area contributed by atoms with Gasteiger partial charge in [0.25, 0.3) is 23.8 Å². The molecule has 22 heteroatoms. The number of nitrogens with zero attached hydrogens (tertiary/aromatic N) is 14. The van der Waals surface area contributed by atoms with Crippen molar-refractivity contribution < 1.29 is 35.1 Å². The molecular formula is C74H22F8N14. The summed E-state index contributed by atoms with van der Waals surface area (Å²) in [6.45, 7) is 38.1. The number of hydrogen-bond acceptors (Lipinski definition) is 9. The molecule has 6 aromatic carbocycles. The zero-order valence-electron chi connectivity index (χ0n) is 48.0. The SMILES string of the molecule is [C-]#[N+]/C(=C1\C(c2ccc([N+]#[C-])cc2)=C(C#N)c2cc3c(cc21)C(C#N)=C(c1ccc(C#N)cc1)/C3=C(\C#N)c1c(F)c(F)nc(F)c1F)c1c(F)c(F)nc(F)c1F.[C-]#[N+]/C=C1\C(c2ccc([N+]#[C-])cc2)=C([N+]#[C-])c2cc3c(cc21)C(C#N)=C(c1ccc(C#N)cc1)/C3=C\C#N. The van der Waals surface area contributed by atoms with Crippen LogP contribution in [0.4, 0.5) is 46.5 Å². The van der Waals surface area contributed by atoms with Crippen LogP contribution < -0.4 is 0 Å². The monoisotopic (exact) mass is 1260 g/mol. The van der Waals surface area contributed by atoms with Crippen molar-refractivity contribution in [2.45, 2.75) is 0 Å². The third kappa shape index (κ3) is 9.98. The van der Waals surface area contributed by atoms with Crippen LogP contribution in [-0.4, -0.2) is 9.97 Å². The fraction of sp³-hybridized carbons (Fsp3) is 0. The molecule has 2 aromatic heterocycles. The number of aromatic nitrogens is 2. The summed E-state index contributed by atoms with van der Waals surface area (Å²) in [7, 11) is 0. The maximum atomic E-state index is 15.4. The van der Waals surface area contributed by atoms with E-state index in [1.54, 1.807) is 54.6 Å². The van der Waals surface area contributed by atoms with Gasteiger partial charge in [-0.2, -0.15) is 64.4 Å². The third-order valence-corrected chi connectivity index (χ3v) is 15.7. The predicted octanol–water partition coefficient (Wildman–Crippen LogP) is 17.7. The van der Waals surface area contributed by atoms with E-state index in [0.29, 0.717) is 78.2 Å². The van der Waals surface area contributed by atoms with Crippen LogP contribution in [0.25, 0.3) is 102 Å². The Morgan fingerprint density at radius 3 is 1.20 bits per heavy atom. The number of benzene rings is 6. The molecule has 2 heterocycles. The molecule has 0 radical (unpaired) electrons. The molecule has 0 atom stereocenters. The molecule has 4 aliphatic rings. The predicted molar refractivity (Wildman–Crippen MR) is 333 cm³/mol. The Bertz CT molecular complexity index is 5370. The molecule has 0 spiro atoms. The van der Waals surface area contributed by atoms with Crippen molar-refractivity contribution in [1.82, 2.24) is 9.97 Å². The fourth-order valence-corrected chi connectivity index (χ4v) is 11.7. The van der Waals surface area contributed by atoms with Crippen molar-refractivity contribution in [3.8, 4) is 42.5 Å². The number of allylic oxidation sites excluding steroid dienone is 13. The molecule has 8 aromatic rings. The highest BCUT2D eigenvalue weighted by Gasteiger charge is 2.41. The van der Waals surface area contributed by atoms with Crippen molar-refractivity contribution in [2.24, 2.45) is 0 Å². The van der Waals surface area contributed by atoms with E-state index < -0.39 is 80.6 Å². The van der Waals surface area contributed by atoms with Crippen LogP contribution >= 0.6 is 0 Å². The van der Waals surface area contributed by atoms with Gasteiger partial charge in [-0.25, -0.2) is 41.8 Å². The average Bonchev–Trinajstić information content (AvgIpc) is 1.56. The number of nitriles is 7. The molecule has 0 unspecified atom stereocenters. The first kappa shape index (κ1) is 62.5. The van der Waals surface area contributed by atoms with E-state index in [2.05, 4.69) is 52.4 Å². The van der Waals surface area contributed by atoms with Crippen molar-refractivity contribution in [2.75, 3.05) is 0 Å². The Hall–Kier alpha value is -15.1. The van der Waals surface area contributed by atoms with Gasteiger partial charge >= 0.3 is 0 Å². The van der Waals surface area contributed by atoms with Gasteiger partial charge in [-0.05, 0) is 115 Å². The lowest BCUT2D eigenvalue weighted by Crippen LogP contribution is -2.07. The summed E-state index contributed by atoms with van der Waals surface area (Å²) in [5.41, 5.74) is -0.145. The van der Waals surface area contributed by atoms with Crippen molar-refractivity contribution in [3.63, 3.8) is 0 Å². The molecule has 96 heavy (non-hydrogen) atoms. The van der Waals surface area contributed by atoms with Crippen molar-refractivity contribution in [3.05, 3.63) is 327 Å². The van der Waals surface area contributed by atoms with Gasteiger partial charge in [0.05, 0.1) is 95.6 Å². The standard InChI is InChI=1S/C42H10F8N8.C32H12N6/c1-55-20-9-7-19(8-10-20)29-26(15-53)22-11-23-21(12-24(22)31(29)38(56-2)33-36(45)41(49)58-42(50)37(33)46)25(14-52)28(18-5-3-17(13-51)4-6-18)30(23)27(16-54)32-34(43)39(47)57-40(48)35(32)44;1-36-18-29-26-14-25-24(15-27(26)32(38-3)31(29)21-8-10-22(37-2)11-9-21)23(12-13-33)30(28(25)17-35)20-6-4-19(16-34)5-7-20/h3-12H;4-12,14-15,18H/b30-27+,38-31-;23-12-,29-18-. The van der Waals surface area contributed by atoms with Gasteiger partial charge in [0, 0.05) is 45.1 Å². The van der Waals surface area contributed by atoms with E-state index in [4.69, 9.17) is 32.9 Å². The largest absolute Gasteiger partial charge is 0.252 e. The Morgan fingerprint density at radius 1 is 0.396 bits per heavy atom. The summed E-state index contributed by atoms with van der Waals surface area (Å²) < 4.78 is 120. The summed E-state index contributed by atoms with van der Waals surface area (Å²) in [5, 5.41) is 70.2. The minimum Gasteiger partial charge on any atom is -0.245 e. The Morgan fingerprint density at radius 2 is 0.781 bits per heavy atom. The second-order valence-electron chi connectivity index (χ2n) is 20.5. The molecular weight excluding hydrogens is 1240 g/mol. The quantitative estimate of drug-likeness (QED) is 0.0669. The Labute approximate surface area is 538 Å². The topological polar surface area (TPSA) is 214 Å². The molecule has 0 saturated carbocycles. The normalized spacial score (nSPS) is 14.7. The first-order valence-corrected chi connectivity index (χ1v) is 27.2. The molecule has 0 saturated heterocycles. The lowest BCUT2D eigenvalue weighted by atomic mass is 9.88. The van der Waals surface area contributed by atoms with Gasteiger partial charge in [0.1, 0.15) is 24.3 Å². The van der Waals surface area contributed by atoms with Gasteiger partial charge in [0.15, 0.2) is 40.8 Å². The fourth-order valence-electron chi connectivity index (χ4n) is 11.7. The molecule has 4 aliphatic carbocycles. The summed E-state index contributed by atoms with van der Waals surface area (Å²) in [6, 6.07) is 43.6. The highest BCUT2D eigenvalue weighted by atomic mass is 19.2. The molecule has 12 rings (SSSR count). The summed E-state index contributed by atoms with van der Waals surface area (Å²) in [4.78, 5) is 22.4. The van der Waals surface area contributed by atoms with E-state index in [9.17, 15) is 54.4 Å². The van der Waals surface area contributed by atoms with Crippen molar-refractivity contribution in [1.29, 1.82) is 36.8 Å². The molecule has 0 bridgehead atoms. The van der Waals surface area contributed by atoms with Gasteiger partial charge < -0.3 is 0 Å². The minimum atomic E-state index is -2.12. The Balaban J connectivity index is 0.000000213. The van der Waals surface area contributed by atoms with Crippen molar-refractivity contribution >= 4 is 89.6 Å². The number of fused-ring (bicyclic) bond motifs is 4. The van der Waals surface area contributed by atoms with Crippen LogP contribution in [-0.2, 0) is 0 Å². The molecule has 0 fully saturated rings. The summed E-state index contributed by atoms with van der Waals surface area (Å²) in [6.07, 6.45) is 2.76. The zero-order chi connectivity index (χ0) is 68.5. The number of hydrogen-bond donors (Lipinski definition) is 0. The average molecular weight is 1260 g/mol. The smallest absolute Gasteiger partial charge is 0.245 e. The van der Waals surface area contributed by atoms with E-state index in [-0.39, 0.29) is 66.9 Å². The summed E-state index contributed by atoms with van der Waals surface area (Å²) >= 11 is 0. The third-order valence-electron chi connectivity index (χ3n) is 15.7. The van der Waals surface area contributed by atoms with Gasteiger partial charge in [-0.1, -0.05) is 78.9 Å². The summed E-state index contributed by atoms with van der Waals surface area (Å²) in [5.74, 6) is -16.8. The maximum Gasteiger partial charge on any atom is 0.252 e. The van der Waals surface area contributed by atoms with E-state index in [1.807, 2.05) is 30.3 Å². The van der Waals surface area contributed by atoms with Crippen LogP contribution in [0, 0.1) is 159 Å². The maximum absolute atomic E-state index is 15.4. The highest BCUT2D eigenvalue weighted by molar-refractivity contribution is 6.34. The van der Waals surface area contributed by atoms with E-state index in [1.165, 1.54) is 60.8 Å². The van der Waals surface area contributed by atoms with Crippen LogP contribution in [0.2, 0.25) is 0 Å². The molecule has 0 amide bonds. The van der Waals surface area contributed by atoms with Crippen LogP contribution in [0.5, 0.6) is 0 Å². The lowest BCUT2D eigenvalue weighted by Gasteiger charge is -2.15. The number of pyridine rings is 2. The van der Waals surface area contributed by atoms with Crippen LogP contribution in [0.15, 0.2) is 134 Å². The molecule has 0 aliphatic heterocycles. The highest BCUT2D eigenvalue weighted by Crippen LogP contribution is 2.58. The van der Waals surface area contributed by atoms with E-state index >= 15 is 17.6 Å². The number of halogens is 8. The molecule has 14 nitrogen and oxygen atoms in total. The van der Waals surface area contributed by atoms with Gasteiger partial charge in [-0.3, -0.25) is 0 Å². The van der Waals surface area contributed by atoms with Crippen LogP contribution in [0.3, 0.4) is 0 Å². The first-order valence-electron chi connectivity index (χ1n) is 27.2. The first-order chi connectivity index (χ1) is 46.4.